The molecule has 0 heterocycles. The van der Waals surface area contributed by atoms with Gasteiger partial charge >= 0.3 is 11.9 Å². The van der Waals surface area contributed by atoms with E-state index in [0.29, 0.717) is 13.2 Å². The molecule has 0 rings (SSSR count). The topological polar surface area (TPSA) is 52.6 Å². The van der Waals surface area contributed by atoms with Crippen LogP contribution >= 0.6 is 0 Å². The predicted molar refractivity (Wildman–Crippen MR) is 63.1 cm³/mol. The highest BCUT2D eigenvalue weighted by Crippen LogP contribution is 1.93. The summed E-state index contributed by atoms with van der Waals surface area (Å²) in [6.45, 7) is 8.07. The predicted octanol–water partition coefficient (Wildman–Crippen LogP) is 2.70. The Labute approximate surface area is 98.3 Å². The molecule has 0 aromatic carbocycles. The van der Waals surface area contributed by atoms with E-state index in [4.69, 9.17) is 4.74 Å². The van der Waals surface area contributed by atoms with Gasteiger partial charge in [0.1, 0.15) is 0 Å². The van der Waals surface area contributed by atoms with Crippen LogP contribution in [0.1, 0.15) is 53.4 Å². The van der Waals surface area contributed by atoms with E-state index in [0.717, 1.165) is 19.3 Å². The zero-order chi connectivity index (χ0) is 12.8. The van der Waals surface area contributed by atoms with Crippen LogP contribution in [-0.2, 0) is 19.1 Å². The summed E-state index contributed by atoms with van der Waals surface area (Å²) in [5.41, 5.74) is 0. The molecule has 0 spiro atoms. The Morgan fingerprint density at radius 2 is 1.31 bits per heavy atom. The molecule has 0 fully saturated rings. The summed E-state index contributed by atoms with van der Waals surface area (Å²) in [6.07, 6.45) is 4.21. The Bertz CT molecular complexity index is 178. The summed E-state index contributed by atoms with van der Waals surface area (Å²) in [5, 5.41) is 0. The zero-order valence-corrected chi connectivity index (χ0v) is 10.9. The van der Waals surface area contributed by atoms with Crippen LogP contribution in [-0.4, -0.2) is 25.2 Å². The summed E-state index contributed by atoms with van der Waals surface area (Å²) in [4.78, 5) is 20.2. The summed E-state index contributed by atoms with van der Waals surface area (Å²) in [7, 11) is 0. The van der Waals surface area contributed by atoms with E-state index >= 15 is 0 Å². The summed E-state index contributed by atoms with van der Waals surface area (Å²) in [6, 6.07) is 0. The minimum absolute atomic E-state index is 0.175. The Hall–Kier alpha value is -1.06. The fourth-order valence-electron chi connectivity index (χ4n) is 0.814. The first-order chi connectivity index (χ1) is 7.54. The summed E-state index contributed by atoms with van der Waals surface area (Å²) in [5.74, 6) is -0.368. The normalized spacial score (nSPS) is 8.75. The molecule has 0 bridgehead atoms. The lowest BCUT2D eigenvalue weighted by molar-refractivity contribution is -0.141. The van der Waals surface area contributed by atoms with Crippen LogP contribution in [0.15, 0.2) is 0 Å². The molecule has 4 nitrogen and oxygen atoms in total. The van der Waals surface area contributed by atoms with Crippen molar-refractivity contribution in [3.8, 4) is 0 Å². The molecule has 0 aliphatic heterocycles. The highest BCUT2D eigenvalue weighted by atomic mass is 16.5. The average molecular weight is 232 g/mol. The number of rotatable bonds is 6. The zero-order valence-electron chi connectivity index (χ0n) is 10.9. The monoisotopic (exact) mass is 232 g/mol. The van der Waals surface area contributed by atoms with Gasteiger partial charge in [-0.25, -0.2) is 0 Å². The molecule has 0 N–H and O–H groups in total. The molecule has 4 heteroatoms. The first-order valence-corrected chi connectivity index (χ1v) is 5.81. The number of carbonyl (C=O) groups excluding carboxylic acids is 2. The van der Waals surface area contributed by atoms with Crippen LogP contribution in [0.5, 0.6) is 0 Å². The van der Waals surface area contributed by atoms with Crippen LogP contribution in [0.3, 0.4) is 0 Å². The number of unbranched alkanes of at least 4 members (excludes halogenated alkanes) is 2. The van der Waals surface area contributed by atoms with Gasteiger partial charge in [0.2, 0.25) is 0 Å². The molecule has 0 radical (unpaired) electrons. The van der Waals surface area contributed by atoms with Gasteiger partial charge in [-0.3, -0.25) is 9.59 Å². The number of hydrogen-bond donors (Lipinski definition) is 0. The number of hydrogen-bond acceptors (Lipinski definition) is 4. The highest BCUT2D eigenvalue weighted by Gasteiger charge is 1.89. The molecular weight excluding hydrogens is 208 g/mol. The van der Waals surface area contributed by atoms with E-state index in [1.165, 1.54) is 20.3 Å². The molecule has 0 atom stereocenters. The molecule has 0 aliphatic rings. The van der Waals surface area contributed by atoms with Gasteiger partial charge in [0, 0.05) is 13.8 Å². The van der Waals surface area contributed by atoms with E-state index in [9.17, 15) is 9.59 Å². The molecule has 0 saturated carbocycles. The van der Waals surface area contributed by atoms with Crippen molar-refractivity contribution < 1.29 is 19.1 Å². The van der Waals surface area contributed by atoms with Crippen molar-refractivity contribution in [2.45, 2.75) is 53.4 Å². The second-order valence-corrected chi connectivity index (χ2v) is 3.39. The quantitative estimate of drug-likeness (QED) is 0.522. The van der Waals surface area contributed by atoms with Crippen LogP contribution in [0.4, 0.5) is 0 Å². The second kappa shape index (κ2) is 13.9. The van der Waals surface area contributed by atoms with Crippen molar-refractivity contribution >= 4 is 11.9 Å². The van der Waals surface area contributed by atoms with Crippen LogP contribution in [0.2, 0.25) is 0 Å². The van der Waals surface area contributed by atoms with Crippen molar-refractivity contribution in [3.05, 3.63) is 0 Å². The Kier molecular flexibility index (Phi) is 15.1. The average Bonchev–Trinajstić information content (AvgIpc) is 2.22. The maximum absolute atomic E-state index is 10.2. The third kappa shape index (κ3) is 23.1. The van der Waals surface area contributed by atoms with Crippen molar-refractivity contribution in [3.63, 3.8) is 0 Å². The van der Waals surface area contributed by atoms with Gasteiger partial charge < -0.3 is 9.47 Å². The Morgan fingerprint density at radius 1 is 0.812 bits per heavy atom. The van der Waals surface area contributed by atoms with Crippen molar-refractivity contribution in [1.29, 1.82) is 0 Å². The molecule has 0 unspecified atom stereocenters. The van der Waals surface area contributed by atoms with Gasteiger partial charge in [0.15, 0.2) is 0 Å². The minimum atomic E-state index is -0.193. The van der Waals surface area contributed by atoms with Crippen LogP contribution in [0, 0.1) is 0 Å². The minimum Gasteiger partial charge on any atom is -0.466 e. The second-order valence-electron chi connectivity index (χ2n) is 3.39. The third-order valence-electron chi connectivity index (χ3n) is 1.56. The molecule has 16 heavy (non-hydrogen) atoms. The molecule has 0 aromatic rings. The first kappa shape index (κ1) is 17.3. The SMILES string of the molecule is CCCCCOC(C)=O.CCCOC(C)=O. The largest absolute Gasteiger partial charge is 0.466 e. The van der Waals surface area contributed by atoms with Gasteiger partial charge in [0.25, 0.3) is 0 Å². The number of ether oxygens (including phenoxy) is 2. The van der Waals surface area contributed by atoms with Crippen molar-refractivity contribution in [1.82, 2.24) is 0 Å². The lowest BCUT2D eigenvalue weighted by Crippen LogP contribution is -1.99. The van der Waals surface area contributed by atoms with Crippen molar-refractivity contribution in [2.24, 2.45) is 0 Å². The van der Waals surface area contributed by atoms with Gasteiger partial charge in [-0.05, 0) is 12.8 Å². The van der Waals surface area contributed by atoms with E-state index in [1.54, 1.807) is 0 Å². The van der Waals surface area contributed by atoms with Crippen LogP contribution in [0.25, 0.3) is 0 Å². The number of carbonyl (C=O) groups is 2. The molecule has 96 valence electrons. The van der Waals surface area contributed by atoms with Crippen LogP contribution < -0.4 is 0 Å². The molecule has 0 amide bonds. The Morgan fingerprint density at radius 3 is 1.62 bits per heavy atom. The van der Waals surface area contributed by atoms with Gasteiger partial charge in [-0.15, -0.1) is 0 Å². The lowest BCUT2D eigenvalue weighted by Gasteiger charge is -1.98. The molecule has 0 aromatic heterocycles. The van der Waals surface area contributed by atoms with Gasteiger partial charge in [-0.1, -0.05) is 26.7 Å². The standard InChI is InChI=1S/C7H14O2.C5H10O2/c1-3-4-5-6-9-7(2)8;1-3-4-7-5(2)6/h3-6H2,1-2H3;3-4H2,1-2H3. The van der Waals surface area contributed by atoms with E-state index < -0.39 is 0 Å². The molecule has 0 saturated heterocycles. The number of esters is 2. The third-order valence-corrected chi connectivity index (χ3v) is 1.56. The van der Waals surface area contributed by atoms with E-state index in [2.05, 4.69) is 11.7 Å². The van der Waals surface area contributed by atoms with Crippen molar-refractivity contribution in [2.75, 3.05) is 13.2 Å². The van der Waals surface area contributed by atoms with Gasteiger partial charge in [0.05, 0.1) is 13.2 Å². The van der Waals surface area contributed by atoms with Gasteiger partial charge in [-0.2, -0.15) is 0 Å². The summed E-state index contributed by atoms with van der Waals surface area (Å²) < 4.78 is 9.26. The van der Waals surface area contributed by atoms with E-state index in [-0.39, 0.29) is 11.9 Å². The smallest absolute Gasteiger partial charge is 0.302 e. The maximum atomic E-state index is 10.2. The first-order valence-electron chi connectivity index (χ1n) is 5.81. The highest BCUT2D eigenvalue weighted by molar-refractivity contribution is 5.66. The molecular formula is C12H24O4. The van der Waals surface area contributed by atoms with E-state index in [1.807, 2.05) is 6.92 Å². The maximum Gasteiger partial charge on any atom is 0.302 e. The summed E-state index contributed by atoms with van der Waals surface area (Å²) >= 11 is 0. The fraction of sp³-hybridized carbons (Fsp3) is 0.833. The molecule has 0 aliphatic carbocycles. The Balaban J connectivity index is 0. The fourth-order valence-corrected chi connectivity index (χ4v) is 0.814. The lowest BCUT2D eigenvalue weighted by atomic mass is 10.3.